The van der Waals surface area contributed by atoms with E-state index in [1.54, 1.807) is 6.07 Å². The molecule has 2 rings (SSSR count). The molecule has 2 amide bonds. The second-order valence-electron chi connectivity index (χ2n) is 3.84. The fourth-order valence-electron chi connectivity index (χ4n) is 1.60. The van der Waals surface area contributed by atoms with Gasteiger partial charge in [0.2, 0.25) is 5.91 Å². The molecular weight excluding hydrogens is 328 g/mol. The number of nitrogens with two attached hydrogens (primary N) is 1. The summed E-state index contributed by atoms with van der Waals surface area (Å²) >= 11 is 3.12. The average molecular weight is 339 g/mol. The number of nitrogens with one attached hydrogen (secondary N) is 1. The third-order valence-corrected chi connectivity index (χ3v) is 3.21. The maximum Gasteiger partial charge on any atom is 0.260 e. The molecule has 0 aliphatic heterocycles. The highest BCUT2D eigenvalue weighted by Gasteiger charge is 2.16. The van der Waals surface area contributed by atoms with E-state index < -0.39 is 11.8 Å². The van der Waals surface area contributed by atoms with E-state index >= 15 is 0 Å². The number of ether oxygens (including phenoxy) is 1. The van der Waals surface area contributed by atoms with Gasteiger partial charge in [-0.15, -0.1) is 0 Å². The number of anilines is 1. The van der Waals surface area contributed by atoms with Gasteiger partial charge in [0.05, 0.1) is 24.6 Å². The number of hydrogen-bond acceptors (Lipinski definition) is 4. The number of carbonyl (C=O) groups excluding carboxylic acids is 2. The van der Waals surface area contributed by atoms with Crippen LogP contribution in [0.1, 0.15) is 20.7 Å². The van der Waals surface area contributed by atoms with Crippen molar-refractivity contribution >= 4 is 33.4 Å². The zero-order valence-corrected chi connectivity index (χ0v) is 12.1. The second kappa shape index (κ2) is 5.79. The number of halogens is 1. The summed E-state index contributed by atoms with van der Waals surface area (Å²) in [6.07, 6.45) is 1.38. The fraction of sp³-hybridized carbons (Fsp3) is 0.0769. The quantitative estimate of drug-likeness (QED) is 0.894. The third kappa shape index (κ3) is 2.83. The van der Waals surface area contributed by atoms with Crippen molar-refractivity contribution < 1.29 is 18.7 Å². The van der Waals surface area contributed by atoms with Gasteiger partial charge in [0.25, 0.3) is 5.91 Å². The van der Waals surface area contributed by atoms with Gasteiger partial charge in [-0.25, -0.2) is 0 Å². The van der Waals surface area contributed by atoms with E-state index in [1.807, 2.05) is 0 Å². The molecule has 0 spiro atoms. The molecule has 2 aromatic rings. The molecular formula is C13H11BrN2O4. The van der Waals surface area contributed by atoms with E-state index in [2.05, 4.69) is 21.2 Å². The van der Waals surface area contributed by atoms with Gasteiger partial charge in [-0.3, -0.25) is 9.59 Å². The highest BCUT2D eigenvalue weighted by molar-refractivity contribution is 9.10. The van der Waals surface area contributed by atoms with E-state index in [-0.39, 0.29) is 5.56 Å². The number of benzene rings is 1. The topological polar surface area (TPSA) is 94.6 Å². The van der Waals surface area contributed by atoms with Crippen LogP contribution in [0.4, 0.5) is 5.69 Å². The highest BCUT2D eigenvalue weighted by Crippen LogP contribution is 2.27. The SMILES string of the molecule is COc1ccc(C(N)=O)cc1NC(=O)c1ccoc1Br. The zero-order chi connectivity index (χ0) is 14.7. The molecule has 0 radical (unpaired) electrons. The molecule has 0 saturated heterocycles. The molecule has 104 valence electrons. The number of furan rings is 1. The fourth-order valence-corrected chi connectivity index (χ4v) is 2.02. The Balaban J connectivity index is 2.32. The number of methoxy groups -OCH3 is 1. The molecule has 3 N–H and O–H groups in total. The minimum atomic E-state index is -0.590. The summed E-state index contributed by atoms with van der Waals surface area (Å²) in [6, 6.07) is 6.04. The first-order chi connectivity index (χ1) is 9.52. The summed E-state index contributed by atoms with van der Waals surface area (Å²) in [5.41, 5.74) is 6.16. The molecule has 1 aromatic heterocycles. The first kappa shape index (κ1) is 14.1. The lowest BCUT2D eigenvalue weighted by Crippen LogP contribution is -2.15. The van der Waals surface area contributed by atoms with Crippen LogP contribution in [0.5, 0.6) is 5.75 Å². The van der Waals surface area contributed by atoms with Gasteiger partial charge in [0.15, 0.2) is 4.67 Å². The van der Waals surface area contributed by atoms with E-state index in [1.165, 1.54) is 31.6 Å². The zero-order valence-electron chi connectivity index (χ0n) is 10.5. The molecule has 1 aromatic carbocycles. The predicted octanol–water partition coefficient (Wildman–Crippen LogP) is 2.40. The van der Waals surface area contributed by atoms with E-state index in [4.69, 9.17) is 14.9 Å². The molecule has 0 fully saturated rings. The van der Waals surface area contributed by atoms with E-state index in [0.717, 1.165) is 0 Å². The summed E-state index contributed by atoms with van der Waals surface area (Å²) in [4.78, 5) is 23.2. The molecule has 0 aliphatic rings. The predicted molar refractivity (Wildman–Crippen MR) is 75.9 cm³/mol. The van der Waals surface area contributed by atoms with Crippen LogP contribution in [0, 0.1) is 0 Å². The molecule has 0 unspecified atom stereocenters. The number of hydrogen-bond donors (Lipinski definition) is 2. The van der Waals surface area contributed by atoms with Crippen molar-refractivity contribution in [1.29, 1.82) is 0 Å². The lowest BCUT2D eigenvalue weighted by Gasteiger charge is -2.10. The van der Waals surface area contributed by atoms with Crippen molar-refractivity contribution in [2.75, 3.05) is 12.4 Å². The Kier molecular flexibility index (Phi) is 4.09. The monoisotopic (exact) mass is 338 g/mol. The summed E-state index contributed by atoms with van der Waals surface area (Å²) in [6.45, 7) is 0. The summed E-state index contributed by atoms with van der Waals surface area (Å²) in [5, 5.41) is 2.64. The van der Waals surface area contributed by atoms with Crippen LogP contribution in [0.25, 0.3) is 0 Å². The van der Waals surface area contributed by atoms with Crippen molar-refractivity contribution in [3.05, 3.63) is 46.3 Å². The molecule has 0 saturated carbocycles. The van der Waals surface area contributed by atoms with Crippen molar-refractivity contribution in [3.8, 4) is 5.75 Å². The van der Waals surface area contributed by atoms with Gasteiger partial charge in [-0.05, 0) is 40.2 Å². The van der Waals surface area contributed by atoms with Crippen LogP contribution in [0.3, 0.4) is 0 Å². The van der Waals surface area contributed by atoms with Crippen LogP contribution in [-0.4, -0.2) is 18.9 Å². The largest absolute Gasteiger partial charge is 0.495 e. The van der Waals surface area contributed by atoms with Gasteiger partial charge < -0.3 is 20.2 Å². The van der Waals surface area contributed by atoms with Crippen molar-refractivity contribution in [3.63, 3.8) is 0 Å². The lowest BCUT2D eigenvalue weighted by atomic mass is 10.1. The molecule has 6 nitrogen and oxygen atoms in total. The van der Waals surface area contributed by atoms with Crippen molar-refractivity contribution in [2.45, 2.75) is 0 Å². The minimum Gasteiger partial charge on any atom is -0.495 e. The molecule has 0 aliphatic carbocycles. The van der Waals surface area contributed by atoms with Gasteiger partial charge in [-0.1, -0.05) is 0 Å². The maximum atomic E-state index is 12.1. The summed E-state index contributed by atoms with van der Waals surface area (Å²) in [5.74, 6) is -0.568. The molecule has 7 heteroatoms. The van der Waals surface area contributed by atoms with Gasteiger partial charge >= 0.3 is 0 Å². The number of amides is 2. The number of primary amides is 1. The lowest BCUT2D eigenvalue weighted by molar-refractivity contribution is 0.0995. The molecule has 20 heavy (non-hydrogen) atoms. The average Bonchev–Trinajstić information content (AvgIpc) is 2.84. The smallest absolute Gasteiger partial charge is 0.260 e. The molecule has 1 heterocycles. The normalized spacial score (nSPS) is 10.1. The highest BCUT2D eigenvalue weighted by atomic mass is 79.9. The van der Waals surface area contributed by atoms with Gasteiger partial charge in [-0.2, -0.15) is 0 Å². The van der Waals surface area contributed by atoms with Crippen molar-refractivity contribution in [2.24, 2.45) is 5.73 Å². The Morgan fingerprint density at radius 3 is 2.65 bits per heavy atom. The Bertz CT molecular complexity index is 666. The van der Waals surface area contributed by atoms with Gasteiger partial charge in [0.1, 0.15) is 5.75 Å². The number of carbonyl (C=O) groups is 2. The third-order valence-electron chi connectivity index (χ3n) is 2.59. The minimum absolute atomic E-state index is 0.271. The van der Waals surface area contributed by atoms with Crippen LogP contribution in [0.15, 0.2) is 39.6 Å². The Morgan fingerprint density at radius 2 is 2.10 bits per heavy atom. The van der Waals surface area contributed by atoms with Crippen molar-refractivity contribution in [1.82, 2.24) is 0 Å². The van der Waals surface area contributed by atoms with Crippen LogP contribution in [0.2, 0.25) is 0 Å². The number of rotatable bonds is 4. The molecule has 0 atom stereocenters. The van der Waals surface area contributed by atoms with E-state index in [9.17, 15) is 9.59 Å². The van der Waals surface area contributed by atoms with Gasteiger partial charge in [0, 0.05) is 5.56 Å². The first-order valence-corrected chi connectivity index (χ1v) is 6.34. The van der Waals surface area contributed by atoms with Crippen LogP contribution < -0.4 is 15.8 Å². The maximum absolute atomic E-state index is 12.1. The standard InChI is InChI=1S/C13H11BrN2O4/c1-19-10-3-2-7(12(15)17)6-9(10)16-13(18)8-4-5-20-11(8)14/h2-6H,1H3,(H2,15,17)(H,16,18). The Hall–Kier alpha value is -2.28. The summed E-state index contributed by atoms with van der Waals surface area (Å²) < 4.78 is 10.4. The first-order valence-electron chi connectivity index (χ1n) is 5.55. The summed E-state index contributed by atoms with van der Waals surface area (Å²) in [7, 11) is 1.46. The molecule has 0 bridgehead atoms. The second-order valence-corrected chi connectivity index (χ2v) is 4.56. The Labute approximate surface area is 123 Å². The van der Waals surface area contributed by atoms with Crippen LogP contribution >= 0.6 is 15.9 Å². The van der Waals surface area contributed by atoms with Crippen LogP contribution in [-0.2, 0) is 0 Å². The Morgan fingerprint density at radius 1 is 1.35 bits per heavy atom. The van der Waals surface area contributed by atoms with E-state index in [0.29, 0.717) is 21.7 Å².